The van der Waals surface area contributed by atoms with Crippen molar-refractivity contribution in [2.24, 2.45) is 0 Å². The van der Waals surface area contributed by atoms with E-state index < -0.39 is 0 Å². The van der Waals surface area contributed by atoms with Crippen LogP contribution in [-0.2, 0) is 0 Å². The molecule has 0 aliphatic carbocycles. The Labute approximate surface area is 91.5 Å². The fraction of sp³-hybridized carbons (Fsp3) is 0.818. The number of nitrogens with one attached hydrogen (secondary N) is 1. The van der Waals surface area contributed by atoms with Crippen LogP contribution in [-0.4, -0.2) is 16.7 Å². The lowest BCUT2D eigenvalue weighted by Gasteiger charge is -2.07. The predicted octanol–water partition coefficient (Wildman–Crippen LogP) is 2.64. The highest BCUT2D eigenvalue weighted by atomic mass is 16.4. The molecule has 0 saturated carbocycles. The second kappa shape index (κ2) is 5.85. The Bertz CT molecular complexity index is 285. The van der Waals surface area contributed by atoms with Gasteiger partial charge in [-0.2, -0.15) is 0 Å². The molecule has 86 valence electrons. The van der Waals surface area contributed by atoms with Crippen molar-refractivity contribution in [3.05, 3.63) is 11.8 Å². The van der Waals surface area contributed by atoms with Crippen LogP contribution in [0.4, 0.5) is 0 Å². The average molecular weight is 211 g/mol. The highest BCUT2D eigenvalue weighted by Crippen LogP contribution is 2.19. The lowest BCUT2D eigenvalue weighted by Crippen LogP contribution is -2.19. The van der Waals surface area contributed by atoms with Crippen LogP contribution in [0.15, 0.2) is 4.42 Å². The number of rotatable bonds is 6. The summed E-state index contributed by atoms with van der Waals surface area (Å²) in [6.07, 6.45) is 2.13. The molecule has 0 bridgehead atoms. The second-order valence-corrected chi connectivity index (χ2v) is 3.96. The Balaban J connectivity index is 2.58. The molecule has 0 saturated heterocycles. The first-order chi connectivity index (χ1) is 7.19. The van der Waals surface area contributed by atoms with Gasteiger partial charge in [-0.05, 0) is 26.3 Å². The molecule has 0 radical (unpaired) electrons. The van der Waals surface area contributed by atoms with Gasteiger partial charge in [0.2, 0.25) is 11.8 Å². The summed E-state index contributed by atoms with van der Waals surface area (Å²) in [5.74, 6) is 1.79. The summed E-state index contributed by atoms with van der Waals surface area (Å²) in [4.78, 5) is 0. The molecule has 1 heterocycles. The maximum Gasteiger partial charge on any atom is 0.233 e. The molecule has 15 heavy (non-hydrogen) atoms. The van der Waals surface area contributed by atoms with Crippen LogP contribution < -0.4 is 5.32 Å². The van der Waals surface area contributed by atoms with Crippen LogP contribution >= 0.6 is 0 Å². The van der Waals surface area contributed by atoms with Crippen molar-refractivity contribution in [3.63, 3.8) is 0 Å². The van der Waals surface area contributed by atoms with Gasteiger partial charge >= 0.3 is 0 Å². The standard InChI is InChI=1S/C11H21N3O/c1-5-7-12-9(4)11-14-13-10(15-11)8(3)6-2/h8-9,12H,5-7H2,1-4H3. The van der Waals surface area contributed by atoms with E-state index in [9.17, 15) is 0 Å². The third-order valence-corrected chi connectivity index (χ3v) is 2.56. The van der Waals surface area contributed by atoms with Crippen LogP contribution in [0.3, 0.4) is 0 Å². The zero-order valence-corrected chi connectivity index (χ0v) is 10.1. The first-order valence-electron chi connectivity index (χ1n) is 5.75. The third-order valence-electron chi connectivity index (χ3n) is 2.56. The largest absolute Gasteiger partial charge is 0.423 e. The average Bonchev–Trinajstić information content (AvgIpc) is 2.74. The van der Waals surface area contributed by atoms with Gasteiger partial charge in [-0.15, -0.1) is 10.2 Å². The quantitative estimate of drug-likeness (QED) is 0.786. The highest BCUT2D eigenvalue weighted by molar-refractivity contribution is 4.92. The van der Waals surface area contributed by atoms with E-state index in [1.807, 2.05) is 6.92 Å². The van der Waals surface area contributed by atoms with Gasteiger partial charge in [0, 0.05) is 5.92 Å². The van der Waals surface area contributed by atoms with E-state index in [1.165, 1.54) is 0 Å². The monoisotopic (exact) mass is 211 g/mol. The lowest BCUT2D eigenvalue weighted by atomic mass is 10.1. The molecule has 2 atom stereocenters. The molecule has 1 aromatic rings. The Morgan fingerprint density at radius 1 is 1.20 bits per heavy atom. The predicted molar refractivity (Wildman–Crippen MR) is 59.7 cm³/mol. The molecule has 0 aliphatic rings. The SMILES string of the molecule is CCCNC(C)c1nnc(C(C)CC)o1. The van der Waals surface area contributed by atoms with E-state index in [0.29, 0.717) is 11.8 Å². The number of nitrogens with zero attached hydrogens (tertiary/aromatic N) is 2. The van der Waals surface area contributed by atoms with Crippen molar-refractivity contribution in [1.82, 2.24) is 15.5 Å². The molecular weight excluding hydrogens is 190 g/mol. The molecule has 0 fully saturated rings. The smallest absolute Gasteiger partial charge is 0.233 e. The first kappa shape index (κ1) is 12.2. The van der Waals surface area contributed by atoms with Crippen molar-refractivity contribution in [2.45, 2.75) is 52.5 Å². The molecule has 1 rings (SSSR count). The van der Waals surface area contributed by atoms with E-state index >= 15 is 0 Å². The summed E-state index contributed by atoms with van der Waals surface area (Å²) >= 11 is 0. The van der Waals surface area contributed by atoms with Crippen LogP contribution in [0.1, 0.15) is 64.3 Å². The van der Waals surface area contributed by atoms with Crippen molar-refractivity contribution >= 4 is 0 Å². The minimum absolute atomic E-state index is 0.148. The summed E-state index contributed by atoms with van der Waals surface area (Å²) in [7, 11) is 0. The first-order valence-corrected chi connectivity index (χ1v) is 5.75. The van der Waals surface area contributed by atoms with Crippen LogP contribution in [0, 0.1) is 0 Å². The molecule has 2 unspecified atom stereocenters. The molecule has 1 aromatic heterocycles. The summed E-state index contributed by atoms with van der Waals surface area (Å²) in [6.45, 7) is 9.37. The molecule has 0 spiro atoms. The second-order valence-electron chi connectivity index (χ2n) is 3.96. The van der Waals surface area contributed by atoms with Gasteiger partial charge in [0.15, 0.2) is 0 Å². The molecule has 4 heteroatoms. The summed E-state index contributed by atoms with van der Waals surface area (Å²) in [5, 5.41) is 11.4. The zero-order valence-electron chi connectivity index (χ0n) is 10.1. The normalized spacial score (nSPS) is 15.2. The minimum atomic E-state index is 0.148. The molecule has 4 nitrogen and oxygen atoms in total. The number of hydrogen-bond donors (Lipinski definition) is 1. The molecule has 0 aromatic carbocycles. The van der Waals surface area contributed by atoms with Gasteiger partial charge in [-0.1, -0.05) is 20.8 Å². The van der Waals surface area contributed by atoms with E-state index in [0.717, 1.165) is 25.3 Å². The number of aromatic nitrogens is 2. The van der Waals surface area contributed by atoms with Crippen molar-refractivity contribution in [2.75, 3.05) is 6.54 Å². The van der Waals surface area contributed by atoms with Gasteiger partial charge in [0.25, 0.3) is 0 Å². The molecule has 1 N–H and O–H groups in total. The van der Waals surface area contributed by atoms with Crippen LogP contribution in [0.2, 0.25) is 0 Å². The maximum atomic E-state index is 5.61. The fourth-order valence-corrected chi connectivity index (χ4v) is 1.24. The van der Waals surface area contributed by atoms with Crippen molar-refractivity contribution < 1.29 is 4.42 Å². The summed E-state index contributed by atoms with van der Waals surface area (Å²) in [5.41, 5.74) is 0. The summed E-state index contributed by atoms with van der Waals surface area (Å²) < 4.78 is 5.61. The van der Waals surface area contributed by atoms with Gasteiger partial charge in [-0.3, -0.25) is 0 Å². The van der Waals surface area contributed by atoms with E-state index in [4.69, 9.17) is 4.42 Å². The summed E-state index contributed by atoms with van der Waals surface area (Å²) in [6, 6.07) is 0.148. The van der Waals surface area contributed by atoms with Gasteiger partial charge in [0.1, 0.15) is 0 Å². The highest BCUT2D eigenvalue weighted by Gasteiger charge is 2.15. The Kier molecular flexibility index (Phi) is 4.75. The van der Waals surface area contributed by atoms with Crippen LogP contribution in [0.25, 0.3) is 0 Å². The third kappa shape index (κ3) is 3.30. The van der Waals surface area contributed by atoms with E-state index in [2.05, 4.69) is 36.3 Å². The van der Waals surface area contributed by atoms with Gasteiger partial charge in [0.05, 0.1) is 6.04 Å². The zero-order chi connectivity index (χ0) is 11.3. The maximum absolute atomic E-state index is 5.61. The Morgan fingerprint density at radius 3 is 2.47 bits per heavy atom. The van der Waals surface area contributed by atoms with Crippen LogP contribution in [0.5, 0.6) is 0 Å². The topological polar surface area (TPSA) is 51.0 Å². The molecule has 0 aliphatic heterocycles. The number of hydrogen-bond acceptors (Lipinski definition) is 4. The van der Waals surface area contributed by atoms with E-state index in [-0.39, 0.29) is 6.04 Å². The fourth-order valence-electron chi connectivity index (χ4n) is 1.24. The van der Waals surface area contributed by atoms with Crippen molar-refractivity contribution in [3.8, 4) is 0 Å². The molecular formula is C11H21N3O. The van der Waals surface area contributed by atoms with E-state index in [1.54, 1.807) is 0 Å². The molecule has 0 amide bonds. The minimum Gasteiger partial charge on any atom is -0.423 e. The Hall–Kier alpha value is -0.900. The lowest BCUT2D eigenvalue weighted by molar-refractivity contribution is 0.377. The van der Waals surface area contributed by atoms with Gasteiger partial charge in [-0.25, -0.2) is 0 Å². The Morgan fingerprint density at radius 2 is 1.87 bits per heavy atom. The van der Waals surface area contributed by atoms with Crippen molar-refractivity contribution in [1.29, 1.82) is 0 Å². The van der Waals surface area contributed by atoms with Gasteiger partial charge < -0.3 is 9.73 Å².